The number of allylic oxidation sites excluding steroid dienone is 1. The molecule has 0 bridgehead atoms. The summed E-state index contributed by atoms with van der Waals surface area (Å²) in [6, 6.07) is 6.91. The third-order valence-corrected chi connectivity index (χ3v) is 3.89. The molecule has 1 aromatic carbocycles. The van der Waals surface area contributed by atoms with E-state index in [0.29, 0.717) is 18.2 Å². The molecule has 0 radical (unpaired) electrons. The predicted molar refractivity (Wildman–Crippen MR) is 89.6 cm³/mol. The highest BCUT2D eigenvalue weighted by atomic mass is 16.5. The molecule has 0 amide bonds. The lowest BCUT2D eigenvalue weighted by Crippen LogP contribution is -2.03. The van der Waals surface area contributed by atoms with E-state index in [-0.39, 0.29) is 12.0 Å². The lowest BCUT2D eigenvalue weighted by Gasteiger charge is -2.16. The van der Waals surface area contributed by atoms with Gasteiger partial charge in [-0.1, -0.05) is 18.2 Å². The number of dihydropyridines is 1. The van der Waals surface area contributed by atoms with Crippen LogP contribution in [0.3, 0.4) is 0 Å². The van der Waals surface area contributed by atoms with E-state index in [4.69, 9.17) is 6.11 Å². The van der Waals surface area contributed by atoms with Crippen molar-refractivity contribution in [3.05, 3.63) is 58.9 Å². The molecule has 2 heterocycles. The summed E-state index contributed by atoms with van der Waals surface area (Å²) in [6.45, 7) is 1.96. The number of hydrogen-bond acceptors (Lipinski definition) is 4. The molecule has 0 aliphatic carbocycles. The van der Waals surface area contributed by atoms with Gasteiger partial charge in [0.1, 0.15) is 0 Å². The predicted octanol–water partition coefficient (Wildman–Crippen LogP) is 3.11. The van der Waals surface area contributed by atoms with Gasteiger partial charge in [-0.2, -0.15) is 5.10 Å². The molecule has 0 saturated heterocycles. The van der Waals surface area contributed by atoms with Crippen LogP contribution in [0.25, 0.3) is 5.57 Å². The van der Waals surface area contributed by atoms with Crippen LogP contribution in [0, 0.1) is 6.92 Å². The first kappa shape index (κ1) is 13.9. The van der Waals surface area contributed by atoms with Crippen molar-refractivity contribution in [3.63, 3.8) is 0 Å². The number of esters is 1. The van der Waals surface area contributed by atoms with E-state index in [1.807, 2.05) is 32.3 Å². The van der Waals surface area contributed by atoms with E-state index in [0.717, 1.165) is 22.4 Å². The number of ether oxygens (including phenoxy) is 1. The Morgan fingerprint density at radius 1 is 1.39 bits per heavy atom. The van der Waals surface area contributed by atoms with Gasteiger partial charge in [-0.25, -0.2) is 4.79 Å². The molecule has 0 N–H and O–H groups in total. The Bertz CT molecular complexity index is 834. The van der Waals surface area contributed by atoms with Crippen molar-refractivity contribution < 1.29 is 10.9 Å². The largest absolute Gasteiger partial charge is 0.465 e. The van der Waals surface area contributed by atoms with Gasteiger partial charge in [-0.05, 0) is 30.2 Å². The molecule has 0 fully saturated rings. The summed E-state index contributed by atoms with van der Waals surface area (Å²) in [4.78, 5) is 16.0. The summed E-state index contributed by atoms with van der Waals surface area (Å²) < 4.78 is 14.5. The standard InChI is InChI=1S/C18H19N3O2/c1-12-16(11-21(2)20-12)15-8-9-19-17(10-15)13-4-6-14(7-5-13)18(22)23-3/h4-7,9-11,17H,8H2,1-3H3/t17-/m0/s1/i9D. The third kappa shape index (κ3) is 3.08. The highest BCUT2D eigenvalue weighted by Gasteiger charge is 2.16. The van der Waals surface area contributed by atoms with Gasteiger partial charge in [0.15, 0.2) is 0 Å². The van der Waals surface area contributed by atoms with Crippen molar-refractivity contribution in [1.29, 1.82) is 0 Å². The molecule has 0 spiro atoms. The van der Waals surface area contributed by atoms with Gasteiger partial charge in [0.25, 0.3) is 0 Å². The third-order valence-electron chi connectivity index (χ3n) is 3.89. The highest BCUT2D eigenvalue weighted by molar-refractivity contribution is 5.89. The number of methoxy groups -OCH3 is 1. The summed E-state index contributed by atoms with van der Waals surface area (Å²) in [5, 5.41) is 4.37. The van der Waals surface area contributed by atoms with Crippen molar-refractivity contribution in [3.8, 4) is 0 Å². The zero-order valence-electron chi connectivity index (χ0n) is 14.4. The molecular weight excluding hydrogens is 290 g/mol. The van der Waals surface area contributed by atoms with Crippen LogP contribution in [0.5, 0.6) is 0 Å². The minimum absolute atomic E-state index is 0.229. The maximum Gasteiger partial charge on any atom is 0.337 e. The van der Waals surface area contributed by atoms with E-state index in [2.05, 4.69) is 16.2 Å². The van der Waals surface area contributed by atoms with Crippen LogP contribution in [0.2, 0.25) is 0 Å². The van der Waals surface area contributed by atoms with E-state index >= 15 is 0 Å². The minimum Gasteiger partial charge on any atom is -0.465 e. The van der Waals surface area contributed by atoms with Crippen LogP contribution < -0.4 is 0 Å². The van der Waals surface area contributed by atoms with E-state index in [9.17, 15) is 4.79 Å². The topological polar surface area (TPSA) is 56.5 Å². The molecule has 1 aliphatic rings. The monoisotopic (exact) mass is 310 g/mol. The van der Waals surface area contributed by atoms with Gasteiger partial charge in [-0.15, -0.1) is 0 Å². The van der Waals surface area contributed by atoms with Crippen molar-refractivity contribution >= 4 is 17.7 Å². The molecule has 0 unspecified atom stereocenters. The maximum absolute atomic E-state index is 11.5. The second-order valence-electron chi connectivity index (χ2n) is 5.52. The van der Waals surface area contributed by atoms with Crippen molar-refractivity contribution in [2.45, 2.75) is 19.4 Å². The minimum atomic E-state index is -0.364. The molecule has 1 atom stereocenters. The fraction of sp³-hybridized carbons (Fsp3) is 0.278. The second-order valence-corrected chi connectivity index (χ2v) is 5.52. The van der Waals surface area contributed by atoms with Gasteiger partial charge in [-0.3, -0.25) is 9.67 Å². The van der Waals surface area contributed by atoms with Crippen molar-refractivity contribution in [1.82, 2.24) is 9.78 Å². The van der Waals surface area contributed by atoms with Crippen LogP contribution in [0.15, 0.2) is 41.5 Å². The van der Waals surface area contributed by atoms with Crippen molar-refractivity contribution in [2.24, 2.45) is 12.0 Å². The van der Waals surface area contributed by atoms with Gasteiger partial charge in [0, 0.05) is 31.4 Å². The molecule has 23 heavy (non-hydrogen) atoms. The van der Waals surface area contributed by atoms with Crippen LogP contribution in [0.4, 0.5) is 0 Å². The van der Waals surface area contributed by atoms with Crippen LogP contribution in [-0.4, -0.2) is 29.1 Å². The molecule has 1 aromatic heterocycles. The zero-order valence-corrected chi connectivity index (χ0v) is 13.4. The smallest absolute Gasteiger partial charge is 0.337 e. The van der Waals surface area contributed by atoms with Gasteiger partial charge in [0.05, 0.1) is 25.8 Å². The first-order valence-corrected chi connectivity index (χ1v) is 7.41. The van der Waals surface area contributed by atoms with E-state index in [1.54, 1.807) is 16.8 Å². The SMILES string of the molecule is [2H]C1=N[C@H](c2ccc(C(=O)OC)cc2)C=C(c2cn(C)nc2C)C1. The number of hydrogen-bond donors (Lipinski definition) is 0. The van der Waals surface area contributed by atoms with Crippen LogP contribution >= 0.6 is 0 Å². The fourth-order valence-corrected chi connectivity index (χ4v) is 2.72. The molecular formula is C18H19N3O2. The maximum atomic E-state index is 11.5. The summed E-state index contributed by atoms with van der Waals surface area (Å²) in [7, 11) is 3.25. The average molecular weight is 310 g/mol. The lowest BCUT2D eigenvalue weighted by molar-refractivity contribution is 0.0600. The fourth-order valence-electron chi connectivity index (χ4n) is 2.72. The Morgan fingerprint density at radius 2 is 2.13 bits per heavy atom. The molecule has 5 heteroatoms. The number of nitrogens with zero attached hydrogens (tertiary/aromatic N) is 3. The first-order chi connectivity index (χ1) is 11.5. The second kappa shape index (κ2) is 6.20. The van der Waals surface area contributed by atoms with Crippen LogP contribution in [-0.2, 0) is 11.8 Å². The number of carbonyl (C=O) groups is 1. The molecule has 2 aromatic rings. The Hall–Kier alpha value is -2.69. The quantitative estimate of drug-likeness (QED) is 0.819. The van der Waals surface area contributed by atoms with Crippen LogP contribution in [0.1, 0.15) is 41.0 Å². The molecule has 3 rings (SSSR count). The highest BCUT2D eigenvalue weighted by Crippen LogP contribution is 2.30. The Labute approximate surface area is 136 Å². The number of aliphatic imine (C=N–C) groups is 1. The van der Waals surface area contributed by atoms with Gasteiger partial charge in [0.2, 0.25) is 0 Å². The number of carbonyl (C=O) groups excluding carboxylic acids is 1. The number of benzene rings is 1. The normalized spacial score (nSPS) is 18.0. The van der Waals surface area contributed by atoms with Gasteiger partial charge < -0.3 is 4.74 Å². The molecule has 118 valence electrons. The van der Waals surface area contributed by atoms with Crippen molar-refractivity contribution in [2.75, 3.05) is 7.11 Å². The lowest BCUT2D eigenvalue weighted by atomic mass is 9.95. The summed E-state index contributed by atoms with van der Waals surface area (Å²) in [5.74, 6) is -0.364. The summed E-state index contributed by atoms with van der Waals surface area (Å²) in [6.07, 6.45) is 4.88. The first-order valence-electron chi connectivity index (χ1n) is 7.91. The number of aromatic nitrogens is 2. The average Bonchev–Trinajstić information content (AvgIpc) is 2.92. The Kier molecular flexibility index (Phi) is 3.76. The molecule has 0 saturated carbocycles. The molecule has 5 nitrogen and oxygen atoms in total. The zero-order chi connectivity index (χ0) is 17.3. The number of aryl methyl sites for hydroxylation is 2. The Balaban J connectivity index is 1.93. The summed E-state index contributed by atoms with van der Waals surface area (Å²) in [5.41, 5.74) is 4.49. The van der Waals surface area contributed by atoms with E-state index < -0.39 is 0 Å². The van der Waals surface area contributed by atoms with E-state index in [1.165, 1.54) is 7.11 Å². The van der Waals surface area contributed by atoms with Gasteiger partial charge >= 0.3 is 5.97 Å². The Morgan fingerprint density at radius 3 is 2.74 bits per heavy atom. The summed E-state index contributed by atoms with van der Waals surface area (Å²) >= 11 is 0. The molecule has 1 aliphatic heterocycles. The number of rotatable bonds is 3.